The minimum Gasteiger partial charge on any atom is -0.469 e. The van der Waals surface area contributed by atoms with E-state index in [1.54, 1.807) is 0 Å². The normalized spacial score (nSPS) is 13.9. The first-order chi connectivity index (χ1) is 24.9. The Morgan fingerprint density at radius 1 is 0.569 bits per heavy atom. The number of methoxy groups -OCH3 is 3. The van der Waals surface area contributed by atoms with Crippen LogP contribution >= 0.6 is 0 Å². The maximum absolute atomic E-state index is 13.2. The average molecular weight is 707 g/mol. The highest BCUT2D eigenvalue weighted by Crippen LogP contribution is 2.23. The first-order valence-electron chi connectivity index (χ1n) is 18.9. The number of benzene rings is 2. The molecule has 0 saturated heterocycles. The Morgan fingerprint density at radius 3 is 1.45 bits per heavy atom. The van der Waals surface area contributed by atoms with Crippen LogP contribution in [0.4, 0.5) is 0 Å². The summed E-state index contributed by atoms with van der Waals surface area (Å²) in [6.45, 7) is 2.19. The molecular weight excluding hydrogens is 644 g/mol. The van der Waals surface area contributed by atoms with Crippen molar-refractivity contribution in [2.45, 2.75) is 134 Å². The van der Waals surface area contributed by atoms with E-state index in [1.807, 2.05) is 72.8 Å². The third kappa shape index (κ3) is 18.9. The molecule has 0 radical (unpaired) electrons. The predicted octanol–water partition coefficient (Wildman–Crippen LogP) is 10.1. The van der Waals surface area contributed by atoms with E-state index in [9.17, 15) is 14.4 Å². The van der Waals surface area contributed by atoms with Gasteiger partial charge in [0.1, 0.15) is 12.2 Å². The summed E-state index contributed by atoms with van der Waals surface area (Å²) in [5.41, 5.74) is 1.54. The van der Waals surface area contributed by atoms with Crippen LogP contribution < -0.4 is 0 Å². The van der Waals surface area contributed by atoms with Crippen LogP contribution in [0.3, 0.4) is 0 Å². The van der Waals surface area contributed by atoms with Crippen molar-refractivity contribution in [1.82, 2.24) is 0 Å². The van der Waals surface area contributed by atoms with Gasteiger partial charge in [-0.1, -0.05) is 118 Å². The Balaban J connectivity index is 1.91. The van der Waals surface area contributed by atoms with Gasteiger partial charge in [-0.15, -0.1) is 0 Å². The van der Waals surface area contributed by atoms with E-state index in [4.69, 9.17) is 23.7 Å². The molecule has 8 heteroatoms. The summed E-state index contributed by atoms with van der Waals surface area (Å²) in [5, 5.41) is 0. The number of unbranched alkanes of at least 4 members (excludes halogenated alkanes) is 10. The van der Waals surface area contributed by atoms with Crippen LogP contribution in [-0.4, -0.2) is 51.4 Å². The molecule has 0 bridgehead atoms. The Morgan fingerprint density at radius 2 is 1.00 bits per heavy atom. The van der Waals surface area contributed by atoms with Gasteiger partial charge >= 0.3 is 17.9 Å². The number of ether oxygens (including phenoxy) is 5. The van der Waals surface area contributed by atoms with E-state index in [0.29, 0.717) is 12.8 Å². The summed E-state index contributed by atoms with van der Waals surface area (Å²) in [6.07, 6.45) is 20.8. The molecule has 0 amide bonds. The molecule has 0 aliphatic carbocycles. The van der Waals surface area contributed by atoms with Crippen LogP contribution in [0.25, 0.3) is 0 Å². The van der Waals surface area contributed by atoms with Crippen LogP contribution in [-0.2, 0) is 38.1 Å². The number of carbonyl (C=O) groups excluding carboxylic acids is 3. The number of hydrogen-bond donors (Lipinski definition) is 0. The van der Waals surface area contributed by atoms with Gasteiger partial charge in [0.2, 0.25) is 0 Å². The molecule has 2 aromatic carbocycles. The van der Waals surface area contributed by atoms with Crippen molar-refractivity contribution in [2.75, 3.05) is 21.3 Å². The lowest BCUT2D eigenvalue weighted by molar-refractivity contribution is -0.160. The lowest BCUT2D eigenvalue weighted by Gasteiger charge is -2.20. The highest BCUT2D eigenvalue weighted by Gasteiger charge is 2.25. The zero-order valence-corrected chi connectivity index (χ0v) is 31.5. The quantitative estimate of drug-likeness (QED) is 0.0373. The van der Waals surface area contributed by atoms with Gasteiger partial charge in [-0.05, 0) is 81.1 Å². The highest BCUT2D eigenvalue weighted by molar-refractivity contribution is 5.77. The van der Waals surface area contributed by atoms with E-state index in [-0.39, 0.29) is 24.1 Å². The largest absolute Gasteiger partial charge is 0.469 e. The van der Waals surface area contributed by atoms with Gasteiger partial charge in [0.15, 0.2) is 12.2 Å². The maximum Gasteiger partial charge on any atom is 0.340 e. The van der Waals surface area contributed by atoms with Gasteiger partial charge in [0.05, 0.1) is 7.11 Å². The van der Waals surface area contributed by atoms with Crippen LogP contribution in [0.5, 0.6) is 0 Å². The van der Waals surface area contributed by atoms with Crippen LogP contribution in [0.15, 0.2) is 85.0 Å². The van der Waals surface area contributed by atoms with E-state index in [1.165, 1.54) is 27.8 Å². The molecule has 0 aliphatic heterocycles. The minimum absolute atomic E-state index is 0.171. The second-order valence-electron chi connectivity index (χ2n) is 12.9. The van der Waals surface area contributed by atoms with Crippen LogP contribution in [0.2, 0.25) is 0 Å². The molecule has 8 nitrogen and oxygen atoms in total. The third-order valence-electron chi connectivity index (χ3n) is 8.77. The lowest BCUT2D eigenvalue weighted by Crippen LogP contribution is -2.23. The third-order valence-corrected chi connectivity index (χ3v) is 8.77. The lowest BCUT2D eigenvalue weighted by atomic mass is 10.0. The van der Waals surface area contributed by atoms with Crippen molar-refractivity contribution in [1.29, 1.82) is 0 Å². The molecule has 0 aromatic heterocycles. The Kier molecular flexibility index (Phi) is 23.8. The summed E-state index contributed by atoms with van der Waals surface area (Å²) in [6, 6.07) is 18.8. The Labute approximate surface area is 306 Å². The Hall–Kier alpha value is -3.75. The number of esters is 3. The van der Waals surface area contributed by atoms with Crippen molar-refractivity contribution in [3.8, 4) is 0 Å². The molecule has 4 atom stereocenters. The first kappa shape index (κ1) is 43.4. The van der Waals surface area contributed by atoms with E-state index >= 15 is 0 Å². The number of rotatable bonds is 28. The summed E-state index contributed by atoms with van der Waals surface area (Å²) < 4.78 is 27.7. The number of carbonyl (C=O) groups is 3. The van der Waals surface area contributed by atoms with E-state index < -0.39 is 18.2 Å². The van der Waals surface area contributed by atoms with Gasteiger partial charge in [-0.3, -0.25) is 4.79 Å². The van der Waals surface area contributed by atoms with Crippen molar-refractivity contribution >= 4 is 17.9 Å². The van der Waals surface area contributed by atoms with Crippen LogP contribution in [0.1, 0.15) is 133 Å². The minimum atomic E-state index is -0.782. The molecule has 0 spiro atoms. The Bertz CT molecular complexity index is 1260. The predicted molar refractivity (Wildman–Crippen MR) is 202 cm³/mol. The summed E-state index contributed by atoms with van der Waals surface area (Å²) in [7, 11) is 4.46. The van der Waals surface area contributed by atoms with Crippen molar-refractivity contribution in [2.24, 2.45) is 0 Å². The van der Waals surface area contributed by atoms with Gasteiger partial charge in [0.25, 0.3) is 0 Å². The summed E-state index contributed by atoms with van der Waals surface area (Å²) in [4.78, 5) is 37.6. The fraction of sp³-hybridized carbons (Fsp3) is 0.558. The smallest absolute Gasteiger partial charge is 0.340 e. The number of allylic oxidation sites excluding steroid dienone is 2. The molecule has 0 fully saturated rings. The number of hydrogen-bond acceptors (Lipinski definition) is 8. The molecule has 0 heterocycles. The second-order valence-corrected chi connectivity index (χ2v) is 12.9. The molecule has 0 aliphatic rings. The standard InChI is InChI=1S/C43H62O8/c1-5-6-7-10-21-30-37(50-42(45)40(48-3)35-26-17-15-18-27-35)31-22-11-8-12-23-32-38(33-24-13-9-14-25-34-39(44)47-2)51-43(46)41(49-4)36-28-19-16-20-29-36/h15-21,23,26-30,32,37-38,40-41H,5-14,22,24-25,31,33-34H2,1-4H3/b30-21+,32-23+/t37?,38?,40-,41-/m0/s1. The molecular formula is C43H62O8. The summed E-state index contributed by atoms with van der Waals surface area (Å²) >= 11 is 0. The molecule has 2 rings (SSSR count). The first-order valence-corrected chi connectivity index (χ1v) is 18.9. The van der Waals surface area contributed by atoms with Crippen LogP contribution in [0, 0.1) is 0 Å². The van der Waals surface area contributed by atoms with Gasteiger partial charge in [-0.25, -0.2) is 9.59 Å². The van der Waals surface area contributed by atoms with Crippen molar-refractivity contribution < 1.29 is 38.1 Å². The maximum atomic E-state index is 13.2. The monoisotopic (exact) mass is 706 g/mol. The van der Waals surface area contributed by atoms with E-state index in [0.717, 1.165) is 94.6 Å². The van der Waals surface area contributed by atoms with Gasteiger partial charge in [-0.2, -0.15) is 0 Å². The van der Waals surface area contributed by atoms with Gasteiger partial charge < -0.3 is 23.7 Å². The zero-order chi connectivity index (χ0) is 36.9. The van der Waals surface area contributed by atoms with Gasteiger partial charge in [0, 0.05) is 20.6 Å². The molecule has 2 aromatic rings. The molecule has 51 heavy (non-hydrogen) atoms. The second kappa shape index (κ2) is 27.9. The summed E-state index contributed by atoms with van der Waals surface area (Å²) in [5.74, 6) is -0.947. The SMILES string of the molecule is CCCCC/C=C/C(CCCCC/C=C/C(CCCCCCCC(=O)OC)OC(=O)[C@@H](OC)c1ccccc1)OC(=O)[C@@H](OC)c1ccccc1. The van der Waals surface area contributed by atoms with Crippen molar-refractivity contribution in [3.63, 3.8) is 0 Å². The molecule has 0 N–H and O–H groups in total. The fourth-order valence-electron chi connectivity index (χ4n) is 5.84. The molecule has 2 unspecified atom stereocenters. The average Bonchev–Trinajstić information content (AvgIpc) is 3.14. The fourth-order valence-corrected chi connectivity index (χ4v) is 5.84. The molecule has 282 valence electrons. The topological polar surface area (TPSA) is 97.4 Å². The van der Waals surface area contributed by atoms with Crippen molar-refractivity contribution in [3.05, 3.63) is 96.1 Å². The highest BCUT2D eigenvalue weighted by atomic mass is 16.6. The molecule has 0 saturated carbocycles. The zero-order valence-electron chi connectivity index (χ0n) is 31.5. The van der Waals surface area contributed by atoms with E-state index in [2.05, 4.69) is 19.1 Å².